The van der Waals surface area contributed by atoms with Crippen LogP contribution < -0.4 is 14.5 Å². The number of aromatic nitrogens is 5. The lowest BCUT2D eigenvalue weighted by molar-refractivity contribution is 0.107. The van der Waals surface area contributed by atoms with Crippen LogP contribution in [-0.2, 0) is 32.9 Å². The van der Waals surface area contributed by atoms with Crippen LogP contribution in [0.4, 0.5) is 11.5 Å². The molecular weight excluding hydrogens is 572 g/mol. The molecule has 2 aromatic carbocycles. The SMILES string of the molecule is CCc1cccc2cccc(N3CCc4c(nc(OCC56CCCN5CCC6)nc4N4CCCC(c5nnc(CC)n5C)C4)C3)c12. The van der Waals surface area contributed by atoms with E-state index in [9.17, 15) is 0 Å². The van der Waals surface area contributed by atoms with Crippen molar-refractivity contribution in [3.63, 3.8) is 0 Å². The highest BCUT2D eigenvalue weighted by Gasteiger charge is 2.45. The van der Waals surface area contributed by atoms with E-state index in [2.05, 4.69) is 86.8 Å². The van der Waals surface area contributed by atoms with Crippen LogP contribution in [0.2, 0.25) is 0 Å². The van der Waals surface area contributed by atoms with Crippen LogP contribution in [0.1, 0.15) is 86.8 Å². The zero-order valence-electron chi connectivity index (χ0n) is 27.8. The van der Waals surface area contributed by atoms with Crippen molar-refractivity contribution in [3.8, 4) is 6.01 Å². The third kappa shape index (κ3) is 5.11. The summed E-state index contributed by atoms with van der Waals surface area (Å²) in [6.45, 7) is 11.1. The van der Waals surface area contributed by atoms with Gasteiger partial charge in [0.25, 0.3) is 0 Å². The fourth-order valence-electron chi connectivity index (χ4n) is 8.95. The van der Waals surface area contributed by atoms with Gasteiger partial charge in [0.2, 0.25) is 0 Å². The summed E-state index contributed by atoms with van der Waals surface area (Å²) >= 11 is 0. The minimum atomic E-state index is 0.156. The van der Waals surface area contributed by atoms with Crippen molar-refractivity contribution in [2.45, 2.75) is 89.6 Å². The fraction of sp³-hybridized carbons (Fsp3) is 0.568. The van der Waals surface area contributed by atoms with E-state index in [1.807, 2.05) is 0 Å². The number of benzene rings is 2. The van der Waals surface area contributed by atoms with Gasteiger partial charge in [-0.25, -0.2) is 0 Å². The lowest BCUT2D eigenvalue weighted by Crippen LogP contribution is -2.44. The Kier molecular flexibility index (Phi) is 7.83. The van der Waals surface area contributed by atoms with Crippen LogP contribution in [0.25, 0.3) is 10.8 Å². The number of anilines is 2. The summed E-state index contributed by atoms with van der Waals surface area (Å²) in [4.78, 5) is 18.1. The summed E-state index contributed by atoms with van der Waals surface area (Å²) in [7, 11) is 2.12. The summed E-state index contributed by atoms with van der Waals surface area (Å²) in [5.41, 5.74) is 5.26. The first kappa shape index (κ1) is 29.7. The molecule has 0 amide bonds. The third-order valence-corrected chi connectivity index (χ3v) is 11.4. The standard InChI is InChI=1S/C37H48N8O/c1-4-26-11-6-12-27-13-7-15-31(33(26)27)43-22-16-29-30(24-43)38-36(46-25-37-17-9-20-45(37)21-10-18-37)39-35(29)44-19-8-14-28(23-44)34-41-40-32(5-2)42(34)3/h6-7,11-13,15,28H,4-5,8-10,14,16-25H2,1-3H3. The lowest BCUT2D eigenvalue weighted by atomic mass is 9.95. The van der Waals surface area contributed by atoms with Crippen LogP contribution in [0.5, 0.6) is 6.01 Å². The Morgan fingerprint density at radius 3 is 2.50 bits per heavy atom. The van der Waals surface area contributed by atoms with E-state index in [-0.39, 0.29) is 5.54 Å². The third-order valence-electron chi connectivity index (χ3n) is 11.4. The van der Waals surface area contributed by atoms with Crippen LogP contribution in [0.3, 0.4) is 0 Å². The maximum absolute atomic E-state index is 6.65. The Morgan fingerprint density at radius 1 is 0.891 bits per heavy atom. The van der Waals surface area contributed by atoms with Gasteiger partial charge in [0, 0.05) is 55.7 Å². The maximum atomic E-state index is 6.65. The molecule has 0 aliphatic carbocycles. The van der Waals surface area contributed by atoms with Gasteiger partial charge < -0.3 is 19.1 Å². The van der Waals surface area contributed by atoms with Gasteiger partial charge in [0.05, 0.1) is 17.8 Å². The van der Waals surface area contributed by atoms with E-state index in [1.165, 1.54) is 66.4 Å². The molecular formula is C37H48N8O. The van der Waals surface area contributed by atoms with Crippen molar-refractivity contribution in [1.29, 1.82) is 0 Å². The predicted octanol–water partition coefficient (Wildman–Crippen LogP) is 5.84. The van der Waals surface area contributed by atoms with Gasteiger partial charge in [-0.1, -0.05) is 44.2 Å². The van der Waals surface area contributed by atoms with E-state index < -0.39 is 0 Å². The van der Waals surface area contributed by atoms with Gasteiger partial charge in [-0.15, -0.1) is 10.2 Å². The Labute approximate surface area is 273 Å². The smallest absolute Gasteiger partial charge is 0.318 e. The molecule has 46 heavy (non-hydrogen) atoms. The normalized spacial score (nSPS) is 21.2. The molecule has 1 atom stereocenters. The van der Waals surface area contributed by atoms with Crippen LogP contribution in [-0.4, -0.2) is 74.5 Å². The molecule has 9 heteroatoms. The first-order valence-electron chi connectivity index (χ1n) is 17.7. The molecule has 4 aromatic rings. The molecule has 0 bridgehead atoms. The Hall–Kier alpha value is -3.72. The number of nitrogens with zero attached hydrogens (tertiary/aromatic N) is 8. The molecule has 8 rings (SSSR count). The number of hydrogen-bond donors (Lipinski definition) is 0. The summed E-state index contributed by atoms with van der Waals surface area (Å²) in [5, 5.41) is 11.8. The van der Waals surface area contributed by atoms with Crippen molar-refractivity contribution in [3.05, 3.63) is 64.9 Å². The van der Waals surface area contributed by atoms with Crippen LogP contribution >= 0.6 is 0 Å². The molecule has 2 aromatic heterocycles. The summed E-state index contributed by atoms with van der Waals surface area (Å²) in [6, 6.07) is 14.0. The summed E-state index contributed by atoms with van der Waals surface area (Å²) < 4.78 is 8.86. The molecule has 0 N–H and O–H groups in total. The number of piperidine rings is 1. The first-order valence-corrected chi connectivity index (χ1v) is 17.7. The summed E-state index contributed by atoms with van der Waals surface area (Å²) in [6.07, 6.45) is 10.00. The number of ether oxygens (including phenoxy) is 1. The molecule has 3 saturated heterocycles. The summed E-state index contributed by atoms with van der Waals surface area (Å²) in [5.74, 6) is 3.54. The Balaban J connectivity index is 1.14. The van der Waals surface area contributed by atoms with Crippen molar-refractivity contribution >= 4 is 22.3 Å². The molecule has 6 heterocycles. The minimum Gasteiger partial charge on any atom is -0.461 e. The van der Waals surface area contributed by atoms with Gasteiger partial charge in [-0.3, -0.25) is 4.90 Å². The highest BCUT2D eigenvalue weighted by atomic mass is 16.5. The number of hydrogen-bond acceptors (Lipinski definition) is 8. The molecule has 9 nitrogen and oxygen atoms in total. The van der Waals surface area contributed by atoms with E-state index in [0.29, 0.717) is 18.5 Å². The number of aryl methyl sites for hydroxylation is 2. The molecule has 242 valence electrons. The monoisotopic (exact) mass is 620 g/mol. The average Bonchev–Trinajstić information content (AvgIpc) is 3.80. The van der Waals surface area contributed by atoms with E-state index >= 15 is 0 Å². The Bertz CT molecular complexity index is 1720. The predicted molar refractivity (Wildman–Crippen MR) is 183 cm³/mol. The lowest BCUT2D eigenvalue weighted by Gasteiger charge is -2.37. The zero-order chi connectivity index (χ0) is 31.3. The highest BCUT2D eigenvalue weighted by molar-refractivity contribution is 5.97. The molecule has 0 saturated carbocycles. The number of rotatable bonds is 8. The molecule has 4 aliphatic heterocycles. The second kappa shape index (κ2) is 12.1. The van der Waals surface area contributed by atoms with Crippen molar-refractivity contribution in [2.75, 3.05) is 49.1 Å². The van der Waals surface area contributed by atoms with E-state index in [0.717, 1.165) is 81.4 Å². The number of fused-ring (bicyclic) bond motifs is 3. The molecule has 0 radical (unpaired) electrons. The molecule has 1 unspecified atom stereocenters. The largest absolute Gasteiger partial charge is 0.461 e. The molecule has 3 fully saturated rings. The topological polar surface area (TPSA) is 75.4 Å². The first-order chi connectivity index (χ1) is 22.6. The van der Waals surface area contributed by atoms with Crippen LogP contribution in [0, 0.1) is 0 Å². The highest BCUT2D eigenvalue weighted by Crippen LogP contribution is 2.40. The Morgan fingerprint density at radius 2 is 1.72 bits per heavy atom. The zero-order valence-corrected chi connectivity index (χ0v) is 27.8. The van der Waals surface area contributed by atoms with Gasteiger partial charge in [-0.05, 0) is 81.5 Å². The van der Waals surface area contributed by atoms with E-state index in [4.69, 9.17) is 14.7 Å². The average molecular weight is 621 g/mol. The second-order valence-corrected chi connectivity index (χ2v) is 14.0. The molecule has 0 spiro atoms. The van der Waals surface area contributed by atoms with Gasteiger partial charge >= 0.3 is 6.01 Å². The van der Waals surface area contributed by atoms with Gasteiger partial charge in [0.1, 0.15) is 24.1 Å². The quantitative estimate of drug-likeness (QED) is 0.243. The second-order valence-electron chi connectivity index (χ2n) is 14.0. The minimum absolute atomic E-state index is 0.156. The van der Waals surface area contributed by atoms with Crippen molar-refractivity contribution in [2.24, 2.45) is 7.05 Å². The van der Waals surface area contributed by atoms with Crippen LogP contribution in [0.15, 0.2) is 36.4 Å². The van der Waals surface area contributed by atoms with Gasteiger partial charge in [0.15, 0.2) is 0 Å². The maximum Gasteiger partial charge on any atom is 0.318 e. The van der Waals surface area contributed by atoms with Crippen molar-refractivity contribution < 1.29 is 4.74 Å². The van der Waals surface area contributed by atoms with E-state index in [1.54, 1.807) is 0 Å². The van der Waals surface area contributed by atoms with Crippen molar-refractivity contribution in [1.82, 2.24) is 29.6 Å². The fourth-order valence-corrected chi connectivity index (χ4v) is 8.95. The van der Waals surface area contributed by atoms with Gasteiger partial charge in [-0.2, -0.15) is 9.97 Å². The molecule has 4 aliphatic rings.